The van der Waals surface area contributed by atoms with Crippen LogP contribution in [0.1, 0.15) is 139 Å². The molecule has 13 atom stereocenters. The molecular weight excluding hydrogens is 1780 g/mol. The second-order valence-corrected chi connectivity index (χ2v) is 34.0. The van der Waals surface area contributed by atoms with Gasteiger partial charge in [0.15, 0.2) is 17.9 Å². The van der Waals surface area contributed by atoms with Crippen molar-refractivity contribution in [3.05, 3.63) is 95.7 Å². The number of guanidine groups is 3. The number of H-pyrrole nitrogens is 1. The maximum Gasteiger partial charge on any atom is 0.326 e. The summed E-state index contributed by atoms with van der Waals surface area (Å²) in [5.74, 6) is -21.6. The van der Waals surface area contributed by atoms with E-state index in [-0.39, 0.29) is 159 Å². The number of carboxylic acid groups (broad SMARTS) is 3. The number of aromatic nitrogens is 1. The third-order valence-corrected chi connectivity index (χ3v) is 23.3. The molecular formula is C83H127N27O21S2. The lowest BCUT2D eigenvalue weighted by molar-refractivity contribution is -0.142. The molecule has 0 spiro atoms. The van der Waals surface area contributed by atoms with Crippen LogP contribution in [0.4, 0.5) is 0 Å². The molecule has 732 valence electrons. The summed E-state index contributed by atoms with van der Waals surface area (Å²) in [5.41, 5.74) is 41.9. The predicted octanol–water partition coefficient (Wildman–Crippen LogP) is -5.75. The van der Waals surface area contributed by atoms with E-state index in [9.17, 15) is 78.3 Å². The van der Waals surface area contributed by atoms with Gasteiger partial charge in [0, 0.05) is 80.3 Å². The first-order valence-corrected chi connectivity index (χ1v) is 45.9. The fourth-order valence-electron chi connectivity index (χ4n) is 13.6. The maximum atomic E-state index is 15.8. The van der Waals surface area contributed by atoms with Crippen LogP contribution in [0.25, 0.3) is 10.9 Å². The normalized spacial score (nSPS) is 19.9. The summed E-state index contributed by atoms with van der Waals surface area (Å²) in [7, 11) is 1.42. The first-order chi connectivity index (χ1) is 63.4. The fraction of sp³-hybridized carbons (Fsp3) is 0.530. The molecule has 1 aliphatic rings. The van der Waals surface area contributed by atoms with E-state index in [2.05, 4.69) is 90.1 Å². The van der Waals surface area contributed by atoms with Crippen molar-refractivity contribution in [2.24, 2.45) is 40.1 Å². The van der Waals surface area contributed by atoms with Gasteiger partial charge in [-0.3, -0.25) is 88.1 Å². The second kappa shape index (κ2) is 59.2. The molecule has 1 saturated heterocycles. The number of phenolic OH excluding ortho intramolecular Hbond substituents is 2. The predicted molar refractivity (Wildman–Crippen MR) is 492 cm³/mol. The number of hydrogen-bond donors (Lipinski definition) is 32. The number of rotatable bonds is 45. The van der Waals surface area contributed by atoms with Crippen LogP contribution in [0.3, 0.4) is 0 Å². The number of unbranched alkanes of at least 4 members (excludes halogenated alkanes) is 3. The number of nitrogens with one attached hydrogen (secondary N) is 20. The third-order valence-electron chi connectivity index (χ3n) is 20.9. The second-order valence-electron chi connectivity index (χ2n) is 31.5. The Hall–Kier alpha value is -13.3. The van der Waals surface area contributed by atoms with Crippen LogP contribution < -0.4 is 125 Å². The number of benzene rings is 3. The van der Waals surface area contributed by atoms with E-state index < -0.39 is 242 Å². The summed E-state index contributed by atoms with van der Waals surface area (Å²) in [6.07, 6.45) is -2.40. The minimum atomic E-state index is -1.93. The Balaban J connectivity index is 1.78. The molecule has 48 nitrogen and oxygen atoms in total. The number of aliphatic carboxylic acids is 3. The number of amides is 13. The van der Waals surface area contributed by atoms with Gasteiger partial charge in [0.1, 0.15) is 84.0 Å². The number of carboxylic acids is 3. The summed E-state index contributed by atoms with van der Waals surface area (Å²) < 4.78 is 0. The van der Waals surface area contributed by atoms with Crippen LogP contribution >= 0.6 is 21.6 Å². The molecule has 39 N–H and O–H groups in total. The van der Waals surface area contributed by atoms with E-state index in [4.69, 9.17) is 56.4 Å². The number of para-hydroxylation sites is 1. The minimum Gasteiger partial charge on any atom is -0.508 e. The molecule has 3 aromatic carbocycles. The number of phenols is 2. The van der Waals surface area contributed by atoms with Crippen molar-refractivity contribution >= 4 is 145 Å². The highest BCUT2D eigenvalue weighted by atomic mass is 33.1. The molecule has 4 aromatic rings. The third kappa shape index (κ3) is 41.8. The SMILES string of the molecule is N=C(N)NCCC[C@H](NC(=O)[C@@H]1CSSC[C@H](NC(=O)[C@H](Cc2c[nH]c3ccccc23)NC(=O)[C@H](CCCNC(=N)N)NC(=O)[C@@H](N)CCCNC(=N)N)C(=O)N[C@@H](Cc2ccc(O)cc2)C(=O)N[C@@H](CCC(=O)O)C(=O)N[C@@H](CCCCN)C(=O)N[C@@H](CCCCN)C(=O)NCC(=O)N[C@@H](Cc2ccc(O)cc2)C(=O)N[C@@H](CCC(=O)O)C(=O)N[C@@H](CCCCN)C(=O)N1)C(=O)O. The van der Waals surface area contributed by atoms with Gasteiger partial charge in [-0.2, -0.15) is 0 Å². The van der Waals surface area contributed by atoms with Crippen LogP contribution in [0, 0.1) is 16.2 Å². The van der Waals surface area contributed by atoms with Gasteiger partial charge < -0.3 is 156 Å². The van der Waals surface area contributed by atoms with Crippen molar-refractivity contribution in [2.45, 2.75) is 220 Å². The number of carbonyl (C=O) groups excluding carboxylic acids is 13. The van der Waals surface area contributed by atoms with Gasteiger partial charge in [-0.15, -0.1) is 0 Å². The number of carbonyl (C=O) groups is 16. The molecule has 13 amide bonds. The highest BCUT2D eigenvalue weighted by Gasteiger charge is 2.39. The lowest BCUT2D eigenvalue weighted by Crippen LogP contribution is -2.61. The highest BCUT2D eigenvalue weighted by molar-refractivity contribution is 8.76. The molecule has 0 unspecified atom stereocenters. The molecule has 0 saturated carbocycles. The lowest BCUT2D eigenvalue weighted by Gasteiger charge is -2.28. The zero-order valence-corrected chi connectivity index (χ0v) is 75.2. The van der Waals surface area contributed by atoms with Crippen LogP contribution in [-0.4, -0.2) is 279 Å². The van der Waals surface area contributed by atoms with Gasteiger partial charge in [0.25, 0.3) is 0 Å². The molecule has 0 bridgehead atoms. The molecule has 0 aliphatic carbocycles. The standard InChI is InChI=1S/C83H127N27O21S2/c84-32-6-3-15-53-69(119)98-42-65(113)99-60(38-45-20-24-48(111)25-21-45)75(125)104-57(28-30-66(114)115)73(123)103-55(17-5-8-34-86)72(122)109-63(78(128)106-59(80(130)131)19-11-37-96-83(92)93)43-132-133-44-64(79(129)107-61(39-46-22-26-49(112)27-23-46)76(126)105-58(29-31-67(116)117)74(124)102-54(70(120)101-53)16-4-7-33-85)110-77(127)62(40-47-41-97-52-14-2-1-12-50(47)52)108-71(121)56(18-10-36-95-82(90)91)100-68(118)51(87)13-9-35-94-81(88)89/h1-2,12,14,20-27,41,51,53-64,97,111-112H,3-11,13,15-19,28-40,42-44,84-87H2,(H,98,119)(H,99,113)(H,100,118)(H,101,120)(H,102,124)(H,103,123)(H,104,125)(H,105,126)(H,106,128)(H,107,129)(H,108,121)(H,109,122)(H,110,127)(H,114,115)(H,116,117)(H,130,131)(H4,88,89,94)(H4,90,91,95)(H4,92,93,96)/t51-,53-,54-,55-,56-,57-,58-,59-,60-,61-,62-,63-,64-/m0/s1. The van der Waals surface area contributed by atoms with E-state index in [0.29, 0.717) is 50.0 Å². The Morgan fingerprint density at radius 3 is 1.32 bits per heavy atom. The van der Waals surface area contributed by atoms with Crippen LogP contribution in [0.15, 0.2) is 79.0 Å². The average molecular weight is 1900 g/mol. The molecule has 1 aromatic heterocycles. The quantitative estimate of drug-likeness (QED) is 0.00849. The van der Waals surface area contributed by atoms with Gasteiger partial charge >= 0.3 is 17.9 Å². The first-order valence-electron chi connectivity index (χ1n) is 43.4. The lowest BCUT2D eigenvalue weighted by atomic mass is 10.0. The molecule has 133 heavy (non-hydrogen) atoms. The molecule has 0 radical (unpaired) electrons. The molecule has 2 heterocycles. The van der Waals surface area contributed by atoms with Crippen LogP contribution in [-0.2, 0) is 96.0 Å². The molecule has 5 rings (SSSR count). The van der Waals surface area contributed by atoms with Gasteiger partial charge in [0.2, 0.25) is 76.8 Å². The minimum absolute atomic E-state index is 0.00571. The number of fused-ring (bicyclic) bond motifs is 1. The van der Waals surface area contributed by atoms with Crippen molar-refractivity contribution < 1.29 is 102 Å². The van der Waals surface area contributed by atoms with Gasteiger partial charge in [0.05, 0.1) is 12.6 Å². The molecule has 50 heteroatoms. The van der Waals surface area contributed by atoms with Crippen LogP contribution in [0.2, 0.25) is 0 Å². The number of aromatic hydroxyl groups is 2. The fourth-order valence-corrected chi connectivity index (χ4v) is 16.0. The largest absolute Gasteiger partial charge is 0.508 e. The van der Waals surface area contributed by atoms with Gasteiger partial charge in [-0.1, -0.05) is 64.1 Å². The van der Waals surface area contributed by atoms with Crippen molar-refractivity contribution in [1.29, 1.82) is 16.2 Å². The number of hydrogen-bond acceptors (Lipinski definition) is 27. The zero-order valence-electron chi connectivity index (χ0n) is 73.6. The van der Waals surface area contributed by atoms with E-state index in [1.54, 1.807) is 30.5 Å². The Morgan fingerprint density at radius 2 is 0.857 bits per heavy atom. The first kappa shape index (κ1) is 110. The van der Waals surface area contributed by atoms with E-state index >= 15 is 24.0 Å². The smallest absolute Gasteiger partial charge is 0.326 e. The highest BCUT2D eigenvalue weighted by Crippen LogP contribution is 2.26. The van der Waals surface area contributed by atoms with Crippen LogP contribution in [0.5, 0.6) is 11.5 Å². The summed E-state index contributed by atoms with van der Waals surface area (Å²) >= 11 is 0. The maximum absolute atomic E-state index is 15.8. The van der Waals surface area contributed by atoms with Crippen molar-refractivity contribution in [2.75, 3.05) is 57.3 Å². The van der Waals surface area contributed by atoms with Gasteiger partial charge in [-0.05, 0) is 176 Å². The average Bonchev–Trinajstić information content (AvgIpc) is 1.68. The Morgan fingerprint density at radius 1 is 0.444 bits per heavy atom. The Bertz CT molecular complexity index is 4590. The zero-order chi connectivity index (χ0) is 98.1. The van der Waals surface area contributed by atoms with Crippen molar-refractivity contribution in [3.8, 4) is 11.5 Å². The Kier molecular flexibility index (Phi) is 49.0. The van der Waals surface area contributed by atoms with E-state index in [1.165, 1.54) is 48.5 Å². The van der Waals surface area contributed by atoms with Crippen molar-refractivity contribution in [1.82, 2.24) is 90.1 Å². The topological polar surface area (TPSA) is 836 Å². The molecule has 1 aliphatic heterocycles. The monoisotopic (exact) mass is 1900 g/mol. The molecule has 1 fully saturated rings. The summed E-state index contributed by atoms with van der Waals surface area (Å²) in [6, 6.07) is -4.80. The van der Waals surface area contributed by atoms with Crippen molar-refractivity contribution in [3.63, 3.8) is 0 Å². The Labute approximate surface area is 774 Å². The number of aromatic amines is 1. The van der Waals surface area contributed by atoms with Gasteiger partial charge in [-0.25, -0.2) is 4.79 Å². The van der Waals surface area contributed by atoms with E-state index in [1.807, 2.05) is 0 Å². The van der Waals surface area contributed by atoms with E-state index in [0.717, 1.165) is 0 Å². The summed E-state index contributed by atoms with van der Waals surface area (Å²) in [5, 5.41) is 116. The summed E-state index contributed by atoms with van der Waals surface area (Å²) in [4.78, 5) is 235. The summed E-state index contributed by atoms with van der Waals surface area (Å²) in [6.45, 7) is -0.558. The number of nitrogens with two attached hydrogens (primary N) is 7.